The maximum atomic E-state index is 11.6. The monoisotopic (exact) mass is 245 g/mol. The Bertz CT molecular complexity index is 274. The normalized spacial score (nSPS) is 14.7. The quantitative estimate of drug-likeness (QED) is 0.390. The molecule has 2 atom stereocenters. The van der Waals surface area contributed by atoms with Gasteiger partial charge in [-0.15, -0.1) is 0 Å². The van der Waals surface area contributed by atoms with Crippen molar-refractivity contribution >= 4 is 12.0 Å². The second-order valence-electron chi connectivity index (χ2n) is 5.02. The molecule has 0 bridgehead atoms. The van der Waals surface area contributed by atoms with Crippen LogP contribution < -0.4 is 16.6 Å². The first-order valence-corrected chi connectivity index (χ1v) is 5.71. The first kappa shape index (κ1) is 15.7. The lowest BCUT2D eigenvalue weighted by Gasteiger charge is -2.25. The predicted octanol–water partition coefficient (Wildman–Crippen LogP) is 0.916. The summed E-state index contributed by atoms with van der Waals surface area (Å²) in [4.78, 5) is 23.1. The number of rotatable bonds is 4. The van der Waals surface area contributed by atoms with Gasteiger partial charge in [-0.1, -0.05) is 20.3 Å². The Hall–Kier alpha value is -1.30. The van der Waals surface area contributed by atoms with Gasteiger partial charge in [0.1, 0.15) is 11.6 Å². The average molecular weight is 245 g/mol. The first-order valence-electron chi connectivity index (χ1n) is 5.71. The van der Waals surface area contributed by atoms with Crippen LogP contribution in [0.3, 0.4) is 0 Å². The van der Waals surface area contributed by atoms with Crippen molar-refractivity contribution in [3.05, 3.63) is 0 Å². The van der Waals surface area contributed by atoms with Gasteiger partial charge in [0.15, 0.2) is 0 Å². The highest BCUT2D eigenvalue weighted by Gasteiger charge is 2.27. The molecule has 0 aliphatic rings. The molecule has 0 rings (SSSR count). The number of alkyl carbamates (subject to hydrolysis) is 1. The minimum absolute atomic E-state index is 0.0222. The number of ether oxygens (including phenoxy) is 1. The minimum atomic E-state index is -0.681. The number of nitrogens with one attached hydrogen (secondary N) is 2. The van der Waals surface area contributed by atoms with Gasteiger partial charge in [-0.25, -0.2) is 10.6 Å². The van der Waals surface area contributed by atoms with Crippen LogP contribution in [0.15, 0.2) is 0 Å². The molecule has 0 aliphatic carbocycles. The molecule has 0 aromatic carbocycles. The highest BCUT2D eigenvalue weighted by Crippen LogP contribution is 2.10. The smallest absolute Gasteiger partial charge is 0.408 e. The fourth-order valence-electron chi connectivity index (χ4n) is 1.23. The van der Waals surface area contributed by atoms with Crippen LogP contribution in [-0.2, 0) is 9.53 Å². The van der Waals surface area contributed by atoms with E-state index in [1.54, 1.807) is 20.8 Å². The molecule has 0 heterocycles. The molecule has 4 N–H and O–H groups in total. The lowest BCUT2D eigenvalue weighted by atomic mass is 9.99. The molecule has 0 aromatic heterocycles. The van der Waals surface area contributed by atoms with E-state index in [0.717, 1.165) is 6.42 Å². The molecule has 2 amide bonds. The standard InChI is InChI=1S/C11H23N3O3/c1-6-7(2)8(9(15)14-12)13-10(16)17-11(3,4)5/h7-8H,6,12H2,1-5H3,(H,13,16)(H,14,15)/t7?,8-/m0/s1. The third-order valence-corrected chi connectivity index (χ3v) is 2.31. The van der Waals surface area contributed by atoms with Gasteiger partial charge in [0, 0.05) is 0 Å². The van der Waals surface area contributed by atoms with Crippen molar-refractivity contribution in [2.24, 2.45) is 11.8 Å². The summed E-state index contributed by atoms with van der Waals surface area (Å²) in [5, 5.41) is 2.52. The molecule has 0 saturated heterocycles. The van der Waals surface area contributed by atoms with Gasteiger partial charge >= 0.3 is 6.09 Å². The third-order valence-electron chi connectivity index (χ3n) is 2.31. The van der Waals surface area contributed by atoms with Crippen LogP contribution in [-0.4, -0.2) is 23.6 Å². The molecule has 0 fully saturated rings. The van der Waals surface area contributed by atoms with E-state index in [1.807, 2.05) is 19.3 Å². The zero-order valence-electron chi connectivity index (χ0n) is 11.2. The van der Waals surface area contributed by atoms with Gasteiger partial charge in [0.25, 0.3) is 5.91 Å². The third kappa shape index (κ3) is 6.11. The van der Waals surface area contributed by atoms with Gasteiger partial charge in [0.2, 0.25) is 0 Å². The number of amides is 2. The summed E-state index contributed by atoms with van der Waals surface area (Å²) in [5.74, 6) is 4.63. The Labute approximate surface area is 102 Å². The second kappa shape index (κ2) is 6.44. The Balaban J connectivity index is 4.54. The van der Waals surface area contributed by atoms with E-state index in [-0.39, 0.29) is 5.92 Å². The molecular formula is C11H23N3O3. The molecule has 17 heavy (non-hydrogen) atoms. The Morgan fingerprint density at radius 2 is 1.88 bits per heavy atom. The largest absolute Gasteiger partial charge is 0.444 e. The Kier molecular flexibility index (Phi) is 5.95. The zero-order chi connectivity index (χ0) is 13.6. The molecule has 0 aliphatic heterocycles. The number of hydrazine groups is 1. The van der Waals surface area contributed by atoms with Crippen molar-refractivity contribution in [2.45, 2.75) is 52.7 Å². The number of hydrogen-bond acceptors (Lipinski definition) is 4. The molecule has 0 spiro atoms. The molecule has 0 radical (unpaired) electrons. The maximum Gasteiger partial charge on any atom is 0.408 e. The molecule has 0 aromatic rings. The van der Waals surface area contributed by atoms with Crippen LogP contribution >= 0.6 is 0 Å². The topological polar surface area (TPSA) is 93.4 Å². The molecule has 100 valence electrons. The number of hydrogen-bond donors (Lipinski definition) is 3. The lowest BCUT2D eigenvalue weighted by Crippen LogP contribution is -2.52. The highest BCUT2D eigenvalue weighted by atomic mass is 16.6. The fraction of sp³-hybridized carbons (Fsp3) is 0.818. The lowest BCUT2D eigenvalue weighted by molar-refractivity contribution is -0.124. The number of nitrogens with two attached hydrogens (primary N) is 1. The summed E-state index contributed by atoms with van der Waals surface area (Å²) in [6.07, 6.45) is 0.125. The van der Waals surface area contributed by atoms with E-state index in [2.05, 4.69) is 5.32 Å². The fourth-order valence-corrected chi connectivity index (χ4v) is 1.23. The predicted molar refractivity (Wildman–Crippen MR) is 64.9 cm³/mol. The van der Waals surface area contributed by atoms with Gasteiger partial charge in [-0.05, 0) is 26.7 Å². The Morgan fingerprint density at radius 1 is 1.35 bits per heavy atom. The molecule has 6 nitrogen and oxygen atoms in total. The average Bonchev–Trinajstić information content (AvgIpc) is 2.21. The zero-order valence-corrected chi connectivity index (χ0v) is 11.2. The maximum absolute atomic E-state index is 11.6. The van der Waals surface area contributed by atoms with Gasteiger partial charge in [0.05, 0.1) is 0 Å². The van der Waals surface area contributed by atoms with Crippen LogP contribution in [0.4, 0.5) is 4.79 Å². The van der Waals surface area contributed by atoms with E-state index in [0.29, 0.717) is 0 Å². The molecule has 1 unspecified atom stereocenters. The van der Waals surface area contributed by atoms with Crippen molar-refractivity contribution in [1.29, 1.82) is 0 Å². The van der Waals surface area contributed by atoms with Gasteiger partial charge in [-0.3, -0.25) is 10.2 Å². The van der Waals surface area contributed by atoms with E-state index < -0.39 is 23.6 Å². The van der Waals surface area contributed by atoms with E-state index >= 15 is 0 Å². The van der Waals surface area contributed by atoms with E-state index in [1.165, 1.54) is 0 Å². The van der Waals surface area contributed by atoms with Crippen molar-refractivity contribution < 1.29 is 14.3 Å². The van der Waals surface area contributed by atoms with Crippen molar-refractivity contribution in [3.63, 3.8) is 0 Å². The van der Waals surface area contributed by atoms with Crippen LogP contribution in [0.1, 0.15) is 41.0 Å². The minimum Gasteiger partial charge on any atom is -0.444 e. The van der Waals surface area contributed by atoms with Gasteiger partial charge < -0.3 is 10.1 Å². The molecule has 6 heteroatoms. The Morgan fingerprint density at radius 3 is 2.24 bits per heavy atom. The van der Waals surface area contributed by atoms with E-state index in [9.17, 15) is 9.59 Å². The first-order chi connectivity index (χ1) is 7.71. The summed E-state index contributed by atoms with van der Waals surface area (Å²) in [7, 11) is 0. The SMILES string of the molecule is CCC(C)[C@H](NC(=O)OC(C)(C)C)C(=O)NN. The number of carbonyl (C=O) groups excluding carboxylic acids is 2. The van der Waals surface area contributed by atoms with E-state index in [4.69, 9.17) is 10.6 Å². The van der Waals surface area contributed by atoms with Gasteiger partial charge in [-0.2, -0.15) is 0 Å². The molecule has 0 saturated carbocycles. The van der Waals surface area contributed by atoms with Crippen molar-refractivity contribution in [1.82, 2.24) is 10.7 Å². The summed E-state index contributed by atoms with van der Waals surface area (Å²) in [6.45, 7) is 9.06. The summed E-state index contributed by atoms with van der Waals surface area (Å²) in [6, 6.07) is -0.681. The van der Waals surface area contributed by atoms with Crippen molar-refractivity contribution in [2.75, 3.05) is 0 Å². The molecular weight excluding hydrogens is 222 g/mol. The second-order valence-corrected chi connectivity index (χ2v) is 5.02. The summed E-state index contributed by atoms with van der Waals surface area (Å²) < 4.78 is 5.09. The van der Waals surface area contributed by atoms with Crippen LogP contribution in [0.5, 0.6) is 0 Å². The number of carbonyl (C=O) groups is 2. The van der Waals surface area contributed by atoms with Crippen LogP contribution in [0.25, 0.3) is 0 Å². The van der Waals surface area contributed by atoms with Crippen LogP contribution in [0.2, 0.25) is 0 Å². The van der Waals surface area contributed by atoms with Crippen LogP contribution in [0, 0.1) is 5.92 Å². The highest BCUT2D eigenvalue weighted by molar-refractivity contribution is 5.85. The summed E-state index contributed by atoms with van der Waals surface area (Å²) >= 11 is 0. The van der Waals surface area contributed by atoms with Crippen molar-refractivity contribution in [3.8, 4) is 0 Å². The summed E-state index contributed by atoms with van der Waals surface area (Å²) in [5.41, 5.74) is 1.45.